The molecule has 0 radical (unpaired) electrons. The smallest absolute Gasteiger partial charge is 0.179 e. The van der Waals surface area contributed by atoms with Crippen LogP contribution in [-0.2, 0) is 0 Å². The van der Waals surface area contributed by atoms with Crippen LogP contribution in [0.3, 0.4) is 0 Å². The summed E-state index contributed by atoms with van der Waals surface area (Å²) in [7, 11) is 0. The number of hydrogen-bond donors (Lipinski definition) is 2. The Kier molecular flexibility index (Phi) is 3.70. The van der Waals surface area contributed by atoms with E-state index < -0.39 is 0 Å². The summed E-state index contributed by atoms with van der Waals surface area (Å²) in [6.07, 6.45) is 1.05. The van der Waals surface area contributed by atoms with Crippen molar-refractivity contribution in [3.63, 3.8) is 0 Å². The highest BCUT2D eigenvalue weighted by Crippen LogP contribution is 2.36. The Bertz CT molecular complexity index is 676. The maximum atomic E-state index is 10.9. The van der Waals surface area contributed by atoms with Crippen molar-refractivity contribution in [2.45, 2.75) is 6.92 Å². The van der Waals surface area contributed by atoms with Gasteiger partial charge in [0.2, 0.25) is 0 Å². The first-order valence-corrected chi connectivity index (χ1v) is 5.80. The second-order valence-electron chi connectivity index (χ2n) is 4.21. The molecule has 2 rings (SSSR count). The van der Waals surface area contributed by atoms with Crippen LogP contribution in [0.4, 0.5) is 0 Å². The van der Waals surface area contributed by atoms with Crippen molar-refractivity contribution >= 4 is 12.6 Å². The molecule has 0 fully saturated rings. The summed E-state index contributed by atoms with van der Waals surface area (Å²) in [4.78, 5) is 21.8. The summed E-state index contributed by atoms with van der Waals surface area (Å²) in [6, 6.07) is 7.13. The van der Waals surface area contributed by atoms with Crippen LogP contribution in [0.15, 0.2) is 30.3 Å². The highest BCUT2D eigenvalue weighted by Gasteiger charge is 2.13. The summed E-state index contributed by atoms with van der Waals surface area (Å²) in [5, 5.41) is 19.3. The minimum Gasteiger partial charge on any atom is -0.507 e. The van der Waals surface area contributed by atoms with Crippen LogP contribution in [0.2, 0.25) is 0 Å². The molecule has 0 aliphatic heterocycles. The van der Waals surface area contributed by atoms with Gasteiger partial charge in [-0.05, 0) is 36.8 Å². The Balaban J connectivity index is 2.50. The highest BCUT2D eigenvalue weighted by atomic mass is 16.5. The zero-order chi connectivity index (χ0) is 14.7. The van der Waals surface area contributed by atoms with Crippen molar-refractivity contribution in [3.05, 3.63) is 47.0 Å². The Morgan fingerprint density at radius 2 is 1.70 bits per heavy atom. The molecule has 0 bridgehead atoms. The molecule has 0 aliphatic carbocycles. The lowest BCUT2D eigenvalue weighted by molar-refractivity contribution is 0.111. The number of carbonyl (C=O) groups is 2. The number of ether oxygens (including phenoxy) is 1. The van der Waals surface area contributed by atoms with Crippen LogP contribution in [-0.4, -0.2) is 22.8 Å². The molecule has 0 unspecified atom stereocenters. The molecule has 102 valence electrons. The van der Waals surface area contributed by atoms with E-state index in [4.69, 9.17) is 4.74 Å². The molecule has 0 saturated heterocycles. The van der Waals surface area contributed by atoms with E-state index in [9.17, 15) is 19.8 Å². The number of aldehydes is 2. The molecule has 0 heterocycles. The predicted molar refractivity (Wildman–Crippen MR) is 71.8 cm³/mol. The summed E-state index contributed by atoms with van der Waals surface area (Å²) in [5.41, 5.74) is 0.812. The third-order valence-electron chi connectivity index (χ3n) is 2.81. The predicted octanol–water partition coefficient (Wildman–Crippen LogP) is 2.82. The molecule has 0 aromatic heterocycles. The van der Waals surface area contributed by atoms with E-state index in [1.165, 1.54) is 30.3 Å². The first-order valence-electron chi connectivity index (χ1n) is 5.80. The Hall–Kier alpha value is -2.82. The Labute approximate surface area is 115 Å². The summed E-state index contributed by atoms with van der Waals surface area (Å²) < 4.78 is 5.51. The monoisotopic (exact) mass is 272 g/mol. The number of phenols is 2. The molecular weight excluding hydrogens is 260 g/mol. The molecule has 2 N–H and O–H groups in total. The van der Waals surface area contributed by atoms with Gasteiger partial charge in [0.05, 0.1) is 11.1 Å². The normalized spacial score (nSPS) is 10.1. The molecular formula is C15H12O5. The van der Waals surface area contributed by atoms with Crippen molar-refractivity contribution in [1.29, 1.82) is 0 Å². The molecule has 0 aliphatic rings. The highest BCUT2D eigenvalue weighted by molar-refractivity contribution is 5.82. The molecule has 5 heteroatoms. The van der Waals surface area contributed by atoms with E-state index in [-0.39, 0.29) is 34.1 Å². The first-order chi connectivity index (χ1) is 9.56. The van der Waals surface area contributed by atoms with Crippen LogP contribution >= 0.6 is 0 Å². The van der Waals surface area contributed by atoms with Gasteiger partial charge in [-0.1, -0.05) is 6.07 Å². The fourth-order valence-electron chi connectivity index (χ4n) is 1.75. The molecule has 20 heavy (non-hydrogen) atoms. The number of benzene rings is 2. The van der Waals surface area contributed by atoms with Gasteiger partial charge in [-0.3, -0.25) is 9.59 Å². The van der Waals surface area contributed by atoms with Gasteiger partial charge in [0.1, 0.15) is 11.5 Å². The lowest BCUT2D eigenvalue weighted by Crippen LogP contribution is -1.94. The number of rotatable bonds is 4. The maximum absolute atomic E-state index is 10.9. The van der Waals surface area contributed by atoms with Gasteiger partial charge in [-0.15, -0.1) is 0 Å². The van der Waals surface area contributed by atoms with Crippen LogP contribution in [0.25, 0.3) is 0 Å². The van der Waals surface area contributed by atoms with Gasteiger partial charge in [0, 0.05) is 0 Å². The maximum Gasteiger partial charge on any atom is 0.179 e. The Morgan fingerprint density at radius 1 is 1.00 bits per heavy atom. The van der Waals surface area contributed by atoms with Crippen molar-refractivity contribution in [2.75, 3.05) is 0 Å². The SMILES string of the molecule is Cc1cc(O)c(C=O)cc1Oc1c(O)cccc1C=O. The van der Waals surface area contributed by atoms with Gasteiger partial charge in [-0.25, -0.2) is 0 Å². The quantitative estimate of drug-likeness (QED) is 0.836. The zero-order valence-electron chi connectivity index (χ0n) is 10.7. The van der Waals surface area contributed by atoms with Crippen LogP contribution in [0, 0.1) is 6.92 Å². The molecule has 0 atom stereocenters. The zero-order valence-corrected chi connectivity index (χ0v) is 10.7. The van der Waals surface area contributed by atoms with Crippen molar-refractivity contribution < 1.29 is 24.5 Å². The summed E-state index contributed by atoms with van der Waals surface area (Å²) >= 11 is 0. The van der Waals surface area contributed by atoms with Gasteiger partial charge in [-0.2, -0.15) is 0 Å². The van der Waals surface area contributed by atoms with E-state index in [0.717, 1.165) is 0 Å². The van der Waals surface area contributed by atoms with E-state index in [2.05, 4.69) is 0 Å². The van der Waals surface area contributed by atoms with E-state index >= 15 is 0 Å². The first kappa shape index (κ1) is 13.6. The van der Waals surface area contributed by atoms with Gasteiger partial charge in [0.25, 0.3) is 0 Å². The number of aryl methyl sites for hydroxylation is 1. The van der Waals surface area contributed by atoms with Gasteiger partial charge >= 0.3 is 0 Å². The minimum absolute atomic E-state index is 0.00754. The second-order valence-corrected chi connectivity index (χ2v) is 4.21. The van der Waals surface area contributed by atoms with Gasteiger partial charge < -0.3 is 14.9 Å². The van der Waals surface area contributed by atoms with Crippen LogP contribution < -0.4 is 4.74 Å². The number of hydrogen-bond acceptors (Lipinski definition) is 5. The largest absolute Gasteiger partial charge is 0.507 e. The standard InChI is InChI=1S/C15H12O5/c1-9-5-13(19)11(8-17)6-14(9)20-15-10(7-16)3-2-4-12(15)18/h2-8,18-19H,1H3. The third-order valence-corrected chi connectivity index (χ3v) is 2.81. The fourth-order valence-corrected chi connectivity index (χ4v) is 1.75. The molecule has 0 spiro atoms. The average molecular weight is 272 g/mol. The molecule has 2 aromatic carbocycles. The van der Waals surface area contributed by atoms with Gasteiger partial charge in [0.15, 0.2) is 24.1 Å². The lowest BCUT2D eigenvalue weighted by Gasteiger charge is -2.13. The third kappa shape index (κ3) is 2.47. The average Bonchev–Trinajstić information content (AvgIpc) is 2.43. The topological polar surface area (TPSA) is 83.8 Å². The number of para-hydroxylation sites is 1. The van der Waals surface area contributed by atoms with Crippen molar-refractivity contribution in [3.8, 4) is 23.0 Å². The van der Waals surface area contributed by atoms with E-state index in [0.29, 0.717) is 18.1 Å². The minimum atomic E-state index is -0.185. The molecule has 0 saturated carbocycles. The van der Waals surface area contributed by atoms with E-state index in [1.54, 1.807) is 6.92 Å². The van der Waals surface area contributed by atoms with E-state index in [1.807, 2.05) is 0 Å². The van der Waals surface area contributed by atoms with Crippen LogP contribution in [0.5, 0.6) is 23.0 Å². The number of carbonyl (C=O) groups excluding carboxylic acids is 2. The van der Waals surface area contributed by atoms with Crippen molar-refractivity contribution in [1.82, 2.24) is 0 Å². The Morgan fingerprint density at radius 3 is 2.35 bits per heavy atom. The molecule has 0 amide bonds. The number of phenolic OH excluding ortho intramolecular Hbond substituents is 2. The number of aromatic hydroxyl groups is 2. The second kappa shape index (κ2) is 5.44. The summed E-state index contributed by atoms with van der Waals surface area (Å²) in [6.45, 7) is 1.67. The molecule has 5 nitrogen and oxygen atoms in total. The fraction of sp³-hybridized carbons (Fsp3) is 0.0667. The van der Waals surface area contributed by atoms with Crippen molar-refractivity contribution in [2.24, 2.45) is 0 Å². The van der Waals surface area contributed by atoms with Crippen LogP contribution in [0.1, 0.15) is 26.3 Å². The molecule has 2 aromatic rings. The summed E-state index contributed by atoms with van der Waals surface area (Å²) in [5.74, 6) is -0.0601. The lowest BCUT2D eigenvalue weighted by atomic mass is 10.1.